The first-order valence-corrected chi connectivity index (χ1v) is 12.8. The number of carbonyl (C=O) groups is 3. The first-order valence-electron chi connectivity index (χ1n) is 12.1. The van der Waals surface area contributed by atoms with Crippen molar-refractivity contribution >= 4 is 52.4 Å². The number of amides is 2. The molecule has 0 bridgehead atoms. The van der Waals surface area contributed by atoms with Gasteiger partial charge in [0, 0.05) is 17.7 Å². The van der Waals surface area contributed by atoms with Crippen LogP contribution < -0.4 is 15.5 Å². The van der Waals surface area contributed by atoms with E-state index in [0.29, 0.717) is 22.6 Å². The second-order valence-corrected chi connectivity index (χ2v) is 9.34. The van der Waals surface area contributed by atoms with Crippen molar-refractivity contribution in [3.05, 3.63) is 130 Å². The Morgan fingerprint density at radius 2 is 1.40 bits per heavy atom. The van der Waals surface area contributed by atoms with Gasteiger partial charge in [-0.05, 0) is 42.0 Å². The van der Waals surface area contributed by atoms with Crippen LogP contribution >= 0.6 is 23.2 Å². The molecule has 3 N–H and O–H groups in total. The number of benzene rings is 4. The molecule has 0 spiro atoms. The molecule has 4 rings (SSSR count). The lowest BCUT2D eigenvalue weighted by Gasteiger charge is -2.16. The van der Waals surface area contributed by atoms with E-state index in [1.807, 2.05) is 6.07 Å². The van der Waals surface area contributed by atoms with E-state index in [9.17, 15) is 19.5 Å². The molecular weight excluding hydrogens is 553 g/mol. The third kappa shape index (κ3) is 7.47. The van der Waals surface area contributed by atoms with Crippen LogP contribution in [0.3, 0.4) is 0 Å². The first kappa shape index (κ1) is 28.4. The molecule has 2 amide bonds. The molecular formula is C30H23Cl2N3O5. The molecule has 0 aromatic heterocycles. The summed E-state index contributed by atoms with van der Waals surface area (Å²) in [5.74, 6) is -2.00. The fraction of sp³-hybridized carbons (Fsp3) is 0.0667. The predicted molar refractivity (Wildman–Crippen MR) is 154 cm³/mol. The van der Waals surface area contributed by atoms with E-state index in [4.69, 9.17) is 28.0 Å². The number of carboxylic acids is 1. The minimum absolute atomic E-state index is 0.0206. The quantitative estimate of drug-likeness (QED) is 0.162. The summed E-state index contributed by atoms with van der Waals surface area (Å²) in [6, 6.07) is 27.3. The van der Waals surface area contributed by atoms with E-state index in [1.54, 1.807) is 97.1 Å². The summed E-state index contributed by atoms with van der Waals surface area (Å²) in [6.07, 6.45) is -0.0206. The average Bonchev–Trinajstić information content (AvgIpc) is 2.95. The number of aliphatic carboxylic acids is 1. The summed E-state index contributed by atoms with van der Waals surface area (Å²) in [5, 5.41) is 19.5. The number of carbonyl (C=O) groups excluding carboxylic acids is 2. The SMILES string of the molecule is O=C(N[C@@H](Cc1ccc(NC(=O)c2c(Cl)cccc2Cl)cc1)C(=O)O)C(=NOc1ccccc1)c1ccccc1. The fourth-order valence-corrected chi connectivity index (χ4v) is 4.26. The number of rotatable bonds is 10. The average molecular weight is 576 g/mol. The topological polar surface area (TPSA) is 117 Å². The summed E-state index contributed by atoms with van der Waals surface area (Å²) in [5.41, 5.74) is 1.60. The van der Waals surface area contributed by atoms with Gasteiger partial charge in [0.1, 0.15) is 6.04 Å². The Morgan fingerprint density at radius 1 is 0.800 bits per heavy atom. The van der Waals surface area contributed by atoms with Gasteiger partial charge >= 0.3 is 5.97 Å². The van der Waals surface area contributed by atoms with Crippen molar-refractivity contribution in [3.63, 3.8) is 0 Å². The third-order valence-corrected chi connectivity index (χ3v) is 6.32. The van der Waals surface area contributed by atoms with Gasteiger partial charge in [-0.25, -0.2) is 4.79 Å². The maximum Gasteiger partial charge on any atom is 0.326 e. The number of halogens is 2. The van der Waals surface area contributed by atoms with Crippen molar-refractivity contribution in [2.45, 2.75) is 12.5 Å². The molecule has 40 heavy (non-hydrogen) atoms. The molecule has 0 fully saturated rings. The highest BCUT2D eigenvalue weighted by molar-refractivity contribution is 6.45. The van der Waals surface area contributed by atoms with Gasteiger partial charge in [-0.3, -0.25) is 9.59 Å². The number of nitrogens with zero attached hydrogens (tertiary/aromatic N) is 1. The summed E-state index contributed by atoms with van der Waals surface area (Å²) in [6.45, 7) is 0. The monoisotopic (exact) mass is 575 g/mol. The van der Waals surface area contributed by atoms with E-state index in [1.165, 1.54) is 0 Å². The second-order valence-electron chi connectivity index (χ2n) is 8.53. The Kier molecular flexibility index (Phi) is 9.51. The van der Waals surface area contributed by atoms with Gasteiger partial charge in [-0.15, -0.1) is 0 Å². The van der Waals surface area contributed by atoms with Gasteiger partial charge < -0.3 is 20.6 Å². The number of carboxylic acid groups (broad SMARTS) is 1. The Labute approximate surface area is 240 Å². The van der Waals surface area contributed by atoms with Crippen molar-refractivity contribution in [3.8, 4) is 5.75 Å². The van der Waals surface area contributed by atoms with Crippen LogP contribution in [0.5, 0.6) is 5.75 Å². The van der Waals surface area contributed by atoms with E-state index in [0.717, 1.165) is 0 Å². The molecule has 0 saturated carbocycles. The van der Waals surface area contributed by atoms with Crippen molar-refractivity contribution < 1.29 is 24.3 Å². The van der Waals surface area contributed by atoms with Crippen LogP contribution in [0.1, 0.15) is 21.5 Å². The van der Waals surface area contributed by atoms with E-state index < -0.39 is 23.8 Å². The molecule has 0 unspecified atom stereocenters. The molecule has 0 aliphatic carbocycles. The Balaban J connectivity index is 1.46. The van der Waals surface area contributed by atoms with Crippen LogP contribution in [0.4, 0.5) is 5.69 Å². The second kappa shape index (κ2) is 13.4. The van der Waals surface area contributed by atoms with Crippen molar-refractivity contribution in [2.75, 3.05) is 5.32 Å². The lowest BCUT2D eigenvalue weighted by molar-refractivity contribution is -0.141. The minimum atomic E-state index is -1.26. The molecule has 0 aliphatic heterocycles. The van der Waals surface area contributed by atoms with Crippen LogP contribution in [0.2, 0.25) is 10.0 Å². The van der Waals surface area contributed by atoms with Crippen molar-refractivity contribution in [1.82, 2.24) is 5.32 Å². The van der Waals surface area contributed by atoms with E-state index >= 15 is 0 Å². The summed E-state index contributed by atoms with van der Waals surface area (Å²) in [4.78, 5) is 43.3. The number of anilines is 1. The standard InChI is InChI=1S/C30H23Cl2N3O5/c31-23-12-7-13-24(32)26(23)28(36)33-21-16-14-19(15-17-21)18-25(30(38)39)34-29(37)27(20-8-3-1-4-9-20)35-40-22-10-5-2-6-11-22/h1-17,25H,18H2,(H,33,36)(H,34,37)(H,38,39)/t25-/m0/s1. The van der Waals surface area contributed by atoms with Gasteiger partial charge in [0.25, 0.3) is 11.8 Å². The highest BCUT2D eigenvalue weighted by Gasteiger charge is 2.25. The maximum atomic E-state index is 13.2. The summed E-state index contributed by atoms with van der Waals surface area (Å²) in [7, 11) is 0. The molecule has 8 nitrogen and oxygen atoms in total. The zero-order valence-electron chi connectivity index (χ0n) is 20.9. The lowest BCUT2D eigenvalue weighted by atomic mass is 10.0. The normalized spacial score (nSPS) is 11.8. The highest BCUT2D eigenvalue weighted by atomic mass is 35.5. The smallest absolute Gasteiger partial charge is 0.326 e. The number of nitrogens with one attached hydrogen (secondary N) is 2. The zero-order valence-corrected chi connectivity index (χ0v) is 22.4. The van der Waals surface area contributed by atoms with Crippen molar-refractivity contribution in [1.29, 1.82) is 0 Å². The van der Waals surface area contributed by atoms with Crippen LogP contribution in [-0.4, -0.2) is 34.6 Å². The van der Waals surface area contributed by atoms with Crippen LogP contribution in [0.25, 0.3) is 0 Å². The maximum absolute atomic E-state index is 13.2. The largest absolute Gasteiger partial charge is 0.480 e. The molecule has 0 aliphatic rings. The van der Waals surface area contributed by atoms with E-state index in [-0.39, 0.29) is 27.7 Å². The van der Waals surface area contributed by atoms with Gasteiger partial charge in [-0.1, -0.05) is 95.1 Å². The van der Waals surface area contributed by atoms with Crippen LogP contribution in [0.15, 0.2) is 108 Å². The number of hydrogen-bond donors (Lipinski definition) is 3. The van der Waals surface area contributed by atoms with E-state index in [2.05, 4.69) is 15.8 Å². The molecule has 202 valence electrons. The summed E-state index contributed by atoms with van der Waals surface area (Å²) < 4.78 is 0. The van der Waals surface area contributed by atoms with Gasteiger partial charge in [0.15, 0.2) is 11.5 Å². The number of oxime groups is 1. The van der Waals surface area contributed by atoms with Crippen LogP contribution in [-0.2, 0) is 16.0 Å². The molecule has 4 aromatic rings. The zero-order chi connectivity index (χ0) is 28.5. The molecule has 4 aromatic carbocycles. The van der Waals surface area contributed by atoms with Crippen LogP contribution in [0, 0.1) is 0 Å². The lowest BCUT2D eigenvalue weighted by Crippen LogP contribution is -2.45. The highest BCUT2D eigenvalue weighted by Crippen LogP contribution is 2.25. The summed E-state index contributed by atoms with van der Waals surface area (Å²) >= 11 is 12.2. The molecule has 10 heteroatoms. The third-order valence-electron chi connectivity index (χ3n) is 5.69. The van der Waals surface area contributed by atoms with Crippen molar-refractivity contribution in [2.24, 2.45) is 5.16 Å². The molecule has 1 atom stereocenters. The number of para-hydroxylation sites is 1. The predicted octanol–water partition coefficient (Wildman–Crippen LogP) is 5.84. The Bertz CT molecular complexity index is 1510. The molecule has 0 saturated heterocycles. The minimum Gasteiger partial charge on any atom is -0.480 e. The fourth-order valence-electron chi connectivity index (χ4n) is 3.70. The first-order chi connectivity index (χ1) is 19.3. The Hall–Kier alpha value is -4.66. The molecule has 0 heterocycles. The van der Waals surface area contributed by atoms with Gasteiger partial charge in [-0.2, -0.15) is 0 Å². The number of hydrogen-bond acceptors (Lipinski definition) is 5. The molecule has 0 radical (unpaired) electrons. The van der Waals surface area contributed by atoms with Gasteiger partial charge in [0.2, 0.25) is 0 Å². The Morgan fingerprint density at radius 3 is 2.00 bits per heavy atom. The van der Waals surface area contributed by atoms with Gasteiger partial charge in [0.05, 0.1) is 15.6 Å².